The van der Waals surface area contributed by atoms with Crippen molar-refractivity contribution < 1.29 is 30.8 Å². The summed E-state index contributed by atoms with van der Waals surface area (Å²) in [5, 5.41) is 0. The van der Waals surface area contributed by atoms with Gasteiger partial charge in [-0.05, 0) is 0 Å². The second kappa shape index (κ2) is 20.0. The first-order chi connectivity index (χ1) is 7.83. The van der Waals surface area contributed by atoms with Crippen molar-refractivity contribution in [3.05, 3.63) is 0 Å². The summed E-state index contributed by atoms with van der Waals surface area (Å²) in [5.41, 5.74) is 0. The normalized spacial score (nSPS) is 10.8. The van der Waals surface area contributed by atoms with Crippen LogP contribution in [0.5, 0.6) is 0 Å². The molecule has 0 aliphatic carbocycles. The minimum absolute atomic E-state index is 0.691. The van der Waals surface area contributed by atoms with Crippen LogP contribution in [0.1, 0.15) is 0 Å². The summed E-state index contributed by atoms with van der Waals surface area (Å²) < 4.78 is 18.6. The molecule has 0 aromatic rings. The molecule has 0 unspecified atom stereocenters. The fourth-order valence-electron chi connectivity index (χ4n) is 0.333. The first-order valence-corrected chi connectivity index (χ1v) is 18.9. The van der Waals surface area contributed by atoms with Gasteiger partial charge >= 0.3 is 49.6 Å². The monoisotopic (exact) mass is 504 g/mol. The molecule has 110 valence electrons. The molecular formula is C8H20Cl4O4W. The third kappa shape index (κ3) is 73.7. The van der Waals surface area contributed by atoms with Crippen LogP contribution in [-0.2, 0) is 30.8 Å². The molecule has 17 heavy (non-hydrogen) atoms. The summed E-state index contributed by atoms with van der Waals surface area (Å²) in [6.45, 7) is 2.76. The van der Waals surface area contributed by atoms with E-state index in [0.717, 1.165) is 0 Å². The Morgan fingerprint density at radius 3 is 0.765 bits per heavy atom. The second-order valence-electron chi connectivity index (χ2n) is 2.32. The van der Waals surface area contributed by atoms with Crippen LogP contribution in [0.4, 0.5) is 0 Å². The molecule has 0 fully saturated rings. The maximum absolute atomic E-state index is 5.03. The molecule has 4 nitrogen and oxygen atoms in total. The minimum atomic E-state index is -3.28. The Balaban J connectivity index is -0.000000174. The molecule has 0 bridgehead atoms. The molecule has 0 aromatic carbocycles. The van der Waals surface area contributed by atoms with Crippen molar-refractivity contribution in [1.82, 2.24) is 0 Å². The molecule has 0 radical (unpaired) electrons. The van der Waals surface area contributed by atoms with Crippen molar-refractivity contribution in [3.8, 4) is 0 Å². The fraction of sp³-hybridized carbons (Fsp3) is 1.00. The molecule has 9 heteroatoms. The van der Waals surface area contributed by atoms with Gasteiger partial charge in [-0.15, -0.1) is 0 Å². The Kier molecular flexibility index (Phi) is 28.0. The van der Waals surface area contributed by atoms with E-state index < -0.39 is 11.9 Å². The Hall–Kier alpha value is 1.69. The molecule has 0 saturated heterocycles. The van der Waals surface area contributed by atoms with E-state index in [0.29, 0.717) is 26.4 Å². The zero-order valence-corrected chi connectivity index (χ0v) is 16.3. The van der Waals surface area contributed by atoms with Crippen molar-refractivity contribution in [1.29, 1.82) is 0 Å². The van der Waals surface area contributed by atoms with Crippen LogP contribution in [0.25, 0.3) is 0 Å². The van der Waals surface area contributed by atoms with Crippen molar-refractivity contribution in [3.63, 3.8) is 0 Å². The summed E-state index contributed by atoms with van der Waals surface area (Å²) >= 11 is -3.28. The molecule has 0 heterocycles. The molecule has 0 amide bonds. The third-order valence-electron chi connectivity index (χ3n) is 0.983. The van der Waals surface area contributed by atoms with E-state index in [9.17, 15) is 0 Å². The van der Waals surface area contributed by atoms with Crippen LogP contribution in [-0.4, -0.2) is 54.9 Å². The van der Waals surface area contributed by atoms with Crippen molar-refractivity contribution >= 4 is 37.7 Å². The van der Waals surface area contributed by atoms with E-state index in [4.69, 9.17) is 37.7 Å². The molecule has 0 aliphatic heterocycles. The number of hydrogen-bond acceptors (Lipinski definition) is 4. The van der Waals surface area contributed by atoms with Crippen molar-refractivity contribution in [2.75, 3.05) is 54.9 Å². The number of ether oxygens (including phenoxy) is 4. The molecule has 0 aliphatic rings. The summed E-state index contributed by atoms with van der Waals surface area (Å²) in [7, 11) is 26.7. The van der Waals surface area contributed by atoms with Gasteiger partial charge in [-0.1, -0.05) is 0 Å². The van der Waals surface area contributed by atoms with Crippen LogP contribution in [0.2, 0.25) is 0 Å². The number of rotatable bonds is 6. The van der Waals surface area contributed by atoms with E-state index in [1.165, 1.54) is 0 Å². The molecule has 0 rings (SSSR count). The summed E-state index contributed by atoms with van der Waals surface area (Å²) in [6, 6.07) is 0. The fourth-order valence-corrected chi connectivity index (χ4v) is 0.333. The Bertz CT molecular complexity index is 105. The summed E-state index contributed by atoms with van der Waals surface area (Å²) in [6.07, 6.45) is 0. The van der Waals surface area contributed by atoms with Gasteiger partial charge in [0, 0.05) is 28.4 Å². The summed E-state index contributed by atoms with van der Waals surface area (Å²) in [5.74, 6) is 0. The SMILES string of the molecule is COCCOC.COCCOC.[Cl][W]([Cl])([Cl])[Cl]. The summed E-state index contributed by atoms with van der Waals surface area (Å²) in [4.78, 5) is 0. The second-order valence-corrected chi connectivity index (χ2v) is 27.7. The van der Waals surface area contributed by atoms with Gasteiger partial charge in [-0.3, -0.25) is 0 Å². The van der Waals surface area contributed by atoms with E-state index >= 15 is 0 Å². The Morgan fingerprint density at radius 1 is 0.588 bits per heavy atom. The van der Waals surface area contributed by atoms with Gasteiger partial charge in [0.05, 0.1) is 26.4 Å². The van der Waals surface area contributed by atoms with Crippen LogP contribution < -0.4 is 0 Å². The van der Waals surface area contributed by atoms with Gasteiger partial charge < -0.3 is 18.9 Å². The zero-order valence-electron chi connectivity index (χ0n) is 10.4. The molecular weight excluding hydrogens is 486 g/mol. The van der Waals surface area contributed by atoms with Crippen molar-refractivity contribution in [2.45, 2.75) is 0 Å². The quantitative estimate of drug-likeness (QED) is 0.519. The Labute approximate surface area is 123 Å². The molecule has 0 spiro atoms. The van der Waals surface area contributed by atoms with Gasteiger partial charge in [0.1, 0.15) is 0 Å². The van der Waals surface area contributed by atoms with Gasteiger partial charge in [0.25, 0.3) is 0 Å². The molecule has 0 atom stereocenters. The van der Waals surface area contributed by atoms with Crippen LogP contribution in [0.15, 0.2) is 0 Å². The van der Waals surface area contributed by atoms with Crippen LogP contribution in [0.3, 0.4) is 0 Å². The molecule has 0 saturated carbocycles. The predicted octanol–water partition coefficient (Wildman–Crippen LogP) is 3.31. The molecule has 0 N–H and O–H groups in total. The van der Waals surface area contributed by atoms with Gasteiger partial charge in [-0.2, -0.15) is 0 Å². The van der Waals surface area contributed by atoms with E-state index in [2.05, 4.69) is 18.9 Å². The van der Waals surface area contributed by atoms with Gasteiger partial charge in [0.15, 0.2) is 0 Å². The third-order valence-corrected chi connectivity index (χ3v) is 0.983. The standard InChI is InChI=1S/2C4H10O2.4ClH.W/c2*1-5-3-4-6-2;;;;;/h2*3-4H2,1-2H3;4*1H;/q;;;;;;+4/p-4. The van der Waals surface area contributed by atoms with E-state index in [1.807, 2.05) is 0 Å². The first-order valence-electron chi connectivity index (χ1n) is 4.40. The van der Waals surface area contributed by atoms with Gasteiger partial charge in [-0.25, -0.2) is 0 Å². The number of methoxy groups -OCH3 is 4. The zero-order chi connectivity index (χ0) is 14.2. The average Bonchev–Trinajstić information content (AvgIpc) is 2.22. The van der Waals surface area contributed by atoms with E-state index in [1.54, 1.807) is 28.4 Å². The van der Waals surface area contributed by atoms with Crippen LogP contribution in [0, 0.1) is 0 Å². The topological polar surface area (TPSA) is 36.9 Å². The first kappa shape index (κ1) is 23.8. The number of hydrogen-bond donors (Lipinski definition) is 0. The van der Waals surface area contributed by atoms with Crippen LogP contribution >= 0.6 is 37.7 Å². The number of halogens is 4. The Morgan fingerprint density at radius 2 is 0.706 bits per heavy atom. The maximum atomic E-state index is 5.03. The molecule has 0 aromatic heterocycles. The average molecular weight is 506 g/mol. The predicted molar refractivity (Wildman–Crippen MR) is 70.9 cm³/mol. The van der Waals surface area contributed by atoms with Crippen molar-refractivity contribution in [2.24, 2.45) is 0 Å². The van der Waals surface area contributed by atoms with E-state index in [-0.39, 0.29) is 0 Å². The van der Waals surface area contributed by atoms with Gasteiger partial charge in [0.2, 0.25) is 0 Å².